The molecule has 4 nitrogen and oxygen atoms in total. The van der Waals surface area contributed by atoms with Crippen molar-refractivity contribution in [3.8, 4) is 0 Å². The van der Waals surface area contributed by atoms with Crippen LogP contribution >= 0.6 is 0 Å². The molecule has 0 unspecified atom stereocenters. The van der Waals surface area contributed by atoms with Gasteiger partial charge in [-0.1, -0.05) is 79.1 Å². The van der Waals surface area contributed by atoms with E-state index < -0.39 is 0 Å². The molecule has 0 radical (unpaired) electrons. The maximum Gasteiger partial charge on any atom is 0.321 e. The van der Waals surface area contributed by atoms with Crippen LogP contribution in [-0.2, 0) is 0 Å². The first-order valence-electron chi connectivity index (χ1n) is 11.3. The summed E-state index contributed by atoms with van der Waals surface area (Å²) in [6.07, 6.45) is 7.10. The predicted octanol–water partition coefficient (Wildman–Crippen LogP) is 5.20. The van der Waals surface area contributed by atoms with Crippen LogP contribution in [0.3, 0.4) is 0 Å². The molecule has 4 rings (SSSR count). The maximum absolute atomic E-state index is 12.7. The fourth-order valence-corrected chi connectivity index (χ4v) is 4.83. The van der Waals surface area contributed by atoms with Crippen LogP contribution in [0.5, 0.6) is 0 Å². The summed E-state index contributed by atoms with van der Waals surface area (Å²) in [5, 5.41) is 3.04. The fraction of sp³-hybridized carbons (Fsp3) is 0.423. The Bertz CT molecular complexity index is 796. The zero-order valence-corrected chi connectivity index (χ0v) is 18.0. The average Bonchev–Trinajstić information content (AvgIpc) is 3.35. The molecule has 0 spiro atoms. The van der Waals surface area contributed by atoms with Crippen LogP contribution in [0.25, 0.3) is 0 Å². The highest BCUT2D eigenvalue weighted by atomic mass is 16.2. The number of hydrogen-bond donors (Lipinski definition) is 1. The van der Waals surface area contributed by atoms with Crippen LogP contribution in [-0.4, -0.2) is 42.0 Å². The van der Waals surface area contributed by atoms with E-state index in [1.807, 2.05) is 11.1 Å². The Labute approximate surface area is 180 Å². The van der Waals surface area contributed by atoms with Crippen molar-refractivity contribution < 1.29 is 4.79 Å². The molecule has 30 heavy (non-hydrogen) atoms. The SMILES string of the molecule is C/C(=C\NC(=O)N1CCN(C(c2ccccc2)c2ccccc2)CC1)C1CCCC1. The third kappa shape index (κ3) is 4.93. The highest BCUT2D eigenvalue weighted by Gasteiger charge is 2.28. The van der Waals surface area contributed by atoms with Crippen LogP contribution in [0.2, 0.25) is 0 Å². The number of urea groups is 1. The average molecular weight is 404 g/mol. The molecule has 0 aromatic heterocycles. The summed E-state index contributed by atoms with van der Waals surface area (Å²) in [6, 6.07) is 21.6. The van der Waals surface area contributed by atoms with E-state index in [-0.39, 0.29) is 12.1 Å². The van der Waals surface area contributed by atoms with E-state index in [1.54, 1.807) is 0 Å². The molecule has 2 aromatic rings. The minimum absolute atomic E-state index is 0.0305. The number of carbonyl (C=O) groups is 1. The van der Waals surface area contributed by atoms with E-state index in [1.165, 1.54) is 42.4 Å². The zero-order valence-electron chi connectivity index (χ0n) is 18.0. The van der Waals surface area contributed by atoms with Gasteiger partial charge in [-0.05, 0) is 36.8 Å². The van der Waals surface area contributed by atoms with Gasteiger partial charge in [0, 0.05) is 32.4 Å². The Morgan fingerprint density at radius 3 is 1.97 bits per heavy atom. The van der Waals surface area contributed by atoms with Gasteiger partial charge in [0.1, 0.15) is 0 Å². The van der Waals surface area contributed by atoms with Crippen molar-refractivity contribution in [3.63, 3.8) is 0 Å². The second-order valence-corrected chi connectivity index (χ2v) is 8.57. The highest BCUT2D eigenvalue weighted by Crippen LogP contribution is 2.31. The summed E-state index contributed by atoms with van der Waals surface area (Å²) < 4.78 is 0. The number of carbonyl (C=O) groups excluding carboxylic acids is 1. The first-order valence-corrected chi connectivity index (χ1v) is 11.3. The molecule has 158 valence electrons. The molecular formula is C26H33N3O. The van der Waals surface area contributed by atoms with Gasteiger partial charge < -0.3 is 10.2 Å². The van der Waals surface area contributed by atoms with E-state index >= 15 is 0 Å². The number of amides is 2. The van der Waals surface area contributed by atoms with Crippen LogP contribution in [0.15, 0.2) is 72.4 Å². The fourth-order valence-electron chi connectivity index (χ4n) is 4.83. The summed E-state index contributed by atoms with van der Waals surface area (Å²) in [5.74, 6) is 0.652. The van der Waals surface area contributed by atoms with Crippen molar-refractivity contribution in [2.45, 2.75) is 38.6 Å². The number of piperazine rings is 1. The maximum atomic E-state index is 12.7. The lowest BCUT2D eigenvalue weighted by atomic mass is 9.96. The van der Waals surface area contributed by atoms with E-state index in [0.29, 0.717) is 5.92 Å². The van der Waals surface area contributed by atoms with Crippen LogP contribution in [0.1, 0.15) is 49.8 Å². The molecule has 2 aliphatic rings. The van der Waals surface area contributed by atoms with E-state index in [2.05, 4.69) is 77.8 Å². The van der Waals surface area contributed by atoms with Gasteiger partial charge in [-0.25, -0.2) is 4.79 Å². The van der Waals surface area contributed by atoms with E-state index in [9.17, 15) is 4.79 Å². The Balaban J connectivity index is 1.38. The van der Waals surface area contributed by atoms with Gasteiger partial charge in [-0.3, -0.25) is 4.90 Å². The highest BCUT2D eigenvalue weighted by molar-refractivity contribution is 5.75. The second-order valence-electron chi connectivity index (χ2n) is 8.57. The third-order valence-electron chi connectivity index (χ3n) is 6.62. The van der Waals surface area contributed by atoms with Gasteiger partial charge in [0.05, 0.1) is 6.04 Å². The molecule has 2 amide bonds. The quantitative estimate of drug-likeness (QED) is 0.745. The van der Waals surface area contributed by atoms with Gasteiger partial charge in [-0.15, -0.1) is 0 Å². The molecule has 4 heteroatoms. The molecule has 1 aliphatic carbocycles. The van der Waals surface area contributed by atoms with Gasteiger partial charge in [-0.2, -0.15) is 0 Å². The van der Waals surface area contributed by atoms with Gasteiger partial charge >= 0.3 is 6.03 Å². The van der Waals surface area contributed by atoms with Crippen molar-refractivity contribution in [2.24, 2.45) is 5.92 Å². The molecular weight excluding hydrogens is 370 g/mol. The van der Waals surface area contributed by atoms with Crippen molar-refractivity contribution in [1.82, 2.24) is 15.1 Å². The monoisotopic (exact) mass is 403 g/mol. The van der Waals surface area contributed by atoms with E-state index in [4.69, 9.17) is 0 Å². The Kier molecular flexibility index (Phi) is 6.85. The summed E-state index contributed by atoms with van der Waals surface area (Å²) >= 11 is 0. The van der Waals surface area contributed by atoms with E-state index in [0.717, 1.165) is 26.2 Å². The molecule has 2 fully saturated rings. The Hall–Kier alpha value is -2.59. The molecule has 2 aromatic carbocycles. The van der Waals surface area contributed by atoms with Gasteiger partial charge in [0.15, 0.2) is 0 Å². The van der Waals surface area contributed by atoms with Crippen molar-refractivity contribution in [3.05, 3.63) is 83.6 Å². The Morgan fingerprint density at radius 1 is 0.900 bits per heavy atom. The van der Waals surface area contributed by atoms with Crippen LogP contribution < -0.4 is 5.32 Å². The number of benzene rings is 2. The van der Waals surface area contributed by atoms with Crippen molar-refractivity contribution in [1.29, 1.82) is 0 Å². The van der Waals surface area contributed by atoms with Crippen molar-refractivity contribution >= 4 is 6.03 Å². The molecule has 1 saturated heterocycles. The normalized spacial score (nSPS) is 18.7. The summed E-state index contributed by atoms with van der Waals surface area (Å²) in [5.41, 5.74) is 3.92. The number of rotatable bonds is 5. The van der Waals surface area contributed by atoms with Crippen molar-refractivity contribution in [2.75, 3.05) is 26.2 Å². The van der Waals surface area contributed by atoms with Crippen LogP contribution in [0, 0.1) is 5.92 Å². The molecule has 1 aliphatic heterocycles. The number of nitrogens with one attached hydrogen (secondary N) is 1. The predicted molar refractivity (Wildman–Crippen MR) is 122 cm³/mol. The number of nitrogens with zero attached hydrogens (tertiary/aromatic N) is 2. The summed E-state index contributed by atoms with van der Waals surface area (Å²) in [7, 11) is 0. The summed E-state index contributed by atoms with van der Waals surface area (Å²) in [4.78, 5) is 17.1. The lowest BCUT2D eigenvalue weighted by molar-refractivity contribution is 0.122. The first-order chi connectivity index (χ1) is 14.7. The zero-order chi connectivity index (χ0) is 20.8. The number of hydrogen-bond acceptors (Lipinski definition) is 2. The lowest BCUT2D eigenvalue weighted by Gasteiger charge is -2.39. The number of allylic oxidation sites excluding steroid dienone is 1. The molecule has 0 atom stereocenters. The Morgan fingerprint density at radius 2 is 1.43 bits per heavy atom. The first kappa shape index (κ1) is 20.7. The topological polar surface area (TPSA) is 35.6 Å². The minimum Gasteiger partial charge on any atom is -0.322 e. The lowest BCUT2D eigenvalue weighted by Crippen LogP contribution is -2.51. The molecule has 1 N–H and O–H groups in total. The molecule has 1 saturated carbocycles. The smallest absolute Gasteiger partial charge is 0.321 e. The third-order valence-corrected chi connectivity index (χ3v) is 6.62. The standard InChI is InChI=1S/C26H33N3O/c1-21(22-10-8-9-11-22)20-27-26(30)29-18-16-28(17-19-29)25(23-12-4-2-5-13-23)24-14-6-3-7-15-24/h2-7,12-15,20,22,25H,8-11,16-19H2,1H3,(H,27,30)/b21-20+. The minimum atomic E-state index is 0.0305. The molecule has 1 heterocycles. The summed E-state index contributed by atoms with van der Waals surface area (Å²) in [6.45, 7) is 5.38. The van der Waals surface area contributed by atoms with Crippen LogP contribution in [0.4, 0.5) is 4.79 Å². The van der Waals surface area contributed by atoms with Gasteiger partial charge in [0.25, 0.3) is 0 Å². The van der Waals surface area contributed by atoms with Gasteiger partial charge in [0.2, 0.25) is 0 Å². The largest absolute Gasteiger partial charge is 0.322 e. The second kappa shape index (κ2) is 9.94. The molecule has 0 bridgehead atoms.